The van der Waals surface area contributed by atoms with Gasteiger partial charge in [0.15, 0.2) is 0 Å². The number of hydrogen-bond acceptors (Lipinski definition) is 6. The molecule has 0 spiro atoms. The molecule has 0 amide bonds. The topological polar surface area (TPSA) is 84.0 Å². The van der Waals surface area contributed by atoms with Crippen molar-refractivity contribution in [2.45, 2.75) is 34.6 Å². The molecule has 0 saturated carbocycles. The number of rotatable bonds is 8. The monoisotopic (exact) mass is 518 g/mol. The second-order valence-electron chi connectivity index (χ2n) is 6.18. The first-order valence-corrected chi connectivity index (χ1v) is 12.0. The number of imidazole rings is 1. The molecule has 2 unspecified atom stereocenters. The SMILES string of the molecule is CCC(Sc1ccc(Cl)cc1)SC(Cn1ccnc1)c1ccc(Cl)cc1Cl.O=[N+]([O-])[O-]. The predicted molar refractivity (Wildman–Crippen MR) is 131 cm³/mol. The van der Waals surface area contributed by atoms with E-state index in [2.05, 4.69) is 28.6 Å². The van der Waals surface area contributed by atoms with Gasteiger partial charge in [-0.2, -0.15) is 0 Å². The third-order valence-corrected chi connectivity index (χ3v) is 7.92. The molecule has 31 heavy (non-hydrogen) atoms. The Hall–Kier alpha value is -1.58. The van der Waals surface area contributed by atoms with Crippen molar-refractivity contribution in [2.24, 2.45) is 0 Å². The molecule has 3 rings (SSSR count). The van der Waals surface area contributed by atoms with Crippen LogP contribution >= 0.6 is 58.3 Å². The van der Waals surface area contributed by atoms with Gasteiger partial charge in [-0.15, -0.1) is 23.5 Å². The zero-order chi connectivity index (χ0) is 22.8. The van der Waals surface area contributed by atoms with Crippen molar-refractivity contribution in [1.29, 1.82) is 0 Å². The van der Waals surface area contributed by atoms with Crippen LogP contribution in [0, 0.1) is 15.3 Å². The summed E-state index contributed by atoms with van der Waals surface area (Å²) in [5, 5.41) is 17.0. The van der Waals surface area contributed by atoms with Gasteiger partial charge in [0.05, 0.1) is 21.2 Å². The van der Waals surface area contributed by atoms with Gasteiger partial charge in [0.1, 0.15) is 0 Å². The Morgan fingerprint density at radius 1 is 1.10 bits per heavy atom. The summed E-state index contributed by atoms with van der Waals surface area (Å²) in [7, 11) is 0. The highest BCUT2D eigenvalue weighted by Crippen LogP contribution is 2.44. The van der Waals surface area contributed by atoms with Crippen LogP contribution in [0.15, 0.2) is 66.1 Å². The molecule has 2 aromatic carbocycles. The van der Waals surface area contributed by atoms with Crippen LogP contribution in [0.3, 0.4) is 0 Å². The van der Waals surface area contributed by atoms with Crippen molar-refractivity contribution in [3.8, 4) is 0 Å². The van der Waals surface area contributed by atoms with E-state index in [1.807, 2.05) is 66.4 Å². The number of hydrogen-bond donors (Lipinski definition) is 0. The molecule has 1 heterocycles. The van der Waals surface area contributed by atoms with Crippen molar-refractivity contribution >= 4 is 58.3 Å². The lowest BCUT2D eigenvalue weighted by atomic mass is 10.1. The van der Waals surface area contributed by atoms with Crippen LogP contribution in [-0.2, 0) is 6.54 Å². The summed E-state index contributed by atoms with van der Waals surface area (Å²) < 4.78 is 2.47. The van der Waals surface area contributed by atoms with Crippen LogP contribution in [0.25, 0.3) is 0 Å². The number of aromatic nitrogens is 2. The van der Waals surface area contributed by atoms with Crippen LogP contribution < -0.4 is 0 Å². The first-order chi connectivity index (χ1) is 14.8. The molecule has 0 aliphatic rings. The van der Waals surface area contributed by atoms with Gasteiger partial charge >= 0.3 is 0 Å². The Bertz CT molecular complexity index is 956. The fraction of sp³-hybridized carbons (Fsp3) is 0.250. The van der Waals surface area contributed by atoms with E-state index >= 15 is 0 Å². The van der Waals surface area contributed by atoms with Crippen molar-refractivity contribution < 1.29 is 5.09 Å². The number of nitrogens with zero attached hydrogens (tertiary/aromatic N) is 3. The summed E-state index contributed by atoms with van der Waals surface area (Å²) in [6.07, 6.45) is 6.64. The second kappa shape index (κ2) is 13.1. The molecule has 6 nitrogen and oxygen atoms in total. The summed E-state index contributed by atoms with van der Waals surface area (Å²) in [6.45, 7) is 3.00. The lowest BCUT2D eigenvalue weighted by molar-refractivity contribution is -0.402. The number of thioether (sulfide) groups is 2. The Morgan fingerprint density at radius 2 is 1.74 bits per heavy atom. The average molecular weight is 520 g/mol. The van der Waals surface area contributed by atoms with Gasteiger partial charge in [-0.25, -0.2) is 4.98 Å². The highest BCUT2D eigenvalue weighted by molar-refractivity contribution is 8.17. The zero-order valence-electron chi connectivity index (χ0n) is 16.4. The van der Waals surface area contributed by atoms with E-state index in [-0.39, 0.29) is 5.25 Å². The van der Waals surface area contributed by atoms with E-state index in [4.69, 9.17) is 50.1 Å². The first kappa shape index (κ1) is 25.7. The van der Waals surface area contributed by atoms with Crippen LogP contribution in [0.5, 0.6) is 0 Å². The van der Waals surface area contributed by atoms with Crippen molar-refractivity contribution in [3.05, 3.63) is 97.1 Å². The maximum Gasteiger partial charge on any atom is 0.0946 e. The normalized spacial score (nSPS) is 12.5. The molecule has 11 heteroatoms. The largest absolute Gasteiger partial charge is 0.356 e. The third kappa shape index (κ3) is 9.21. The van der Waals surface area contributed by atoms with Crippen LogP contribution in [0.4, 0.5) is 0 Å². The van der Waals surface area contributed by atoms with Gasteiger partial charge < -0.3 is 19.9 Å². The maximum absolute atomic E-state index is 8.25. The van der Waals surface area contributed by atoms with Crippen LogP contribution in [0.1, 0.15) is 24.2 Å². The summed E-state index contributed by atoms with van der Waals surface area (Å²) in [5.41, 5.74) is 1.09. The van der Waals surface area contributed by atoms with E-state index in [0.717, 1.165) is 23.6 Å². The maximum atomic E-state index is 8.25. The highest BCUT2D eigenvalue weighted by atomic mass is 35.5. The van der Waals surface area contributed by atoms with Gasteiger partial charge in [0.2, 0.25) is 0 Å². The molecule has 0 aliphatic heterocycles. The van der Waals surface area contributed by atoms with Gasteiger partial charge in [0, 0.05) is 38.9 Å². The van der Waals surface area contributed by atoms with Crippen molar-refractivity contribution in [2.75, 3.05) is 0 Å². The van der Waals surface area contributed by atoms with Crippen LogP contribution in [0.2, 0.25) is 15.1 Å². The molecule has 0 N–H and O–H groups in total. The third-order valence-electron chi connectivity index (χ3n) is 3.98. The molecule has 0 saturated heterocycles. The minimum atomic E-state index is -1.75. The van der Waals surface area contributed by atoms with Crippen molar-refractivity contribution in [1.82, 2.24) is 9.55 Å². The summed E-state index contributed by atoms with van der Waals surface area (Å²) >= 11 is 22.4. The second-order valence-corrected chi connectivity index (χ2v) is 10.4. The smallest absolute Gasteiger partial charge is 0.0946 e. The standard InChI is InChI=1S/C20H19Cl3N2S2.NO3/c1-2-20(26-16-6-3-14(21)4-7-16)27-19(12-25-10-9-24-13-25)17-8-5-15(22)11-18(17)23;2-1(3)4/h3-11,13,19-20H,2,12H2,1H3;/q;-1. The molecule has 1 aromatic heterocycles. The Kier molecular flexibility index (Phi) is 10.8. The molecule has 0 aliphatic carbocycles. The Balaban J connectivity index is 0.000000785. The van der Waals surface area contributed by atoms with Gasteiger partial charge in [0.25, 0.3) is 0 Å². The molecule has 0 radical (unpaired) electrons. The first-order valence-electron chi connectivity index (χ1n) is 9.08. The van der Waals surface area contributed by atoms with Crippen LogP contribution in [-0.4, -0.2) is 19.2 Å². The molecule has 0 bridgehead atoms. The van der Waals surface area contributed by atoms with Crippen molar-refractivity contribution in [3.63, 3.8) is 0 Å². The summed E-state index contributed by atoms with van der Waals surface area (Å²) in [6, 6.07) is 13.7. The van der Waals surface area contributed by atoms with E-state index in [1.165, 1.54) is 4.90 Å². The molecule has 3 aromatic rings. The van der Waals surface area contributed by atoms with Gasteiger partial charge in [-0.05, 0) is 48.4 Å². The summed E-state index contributed by atoms with van der Waals surface area (Å²) in [5.74, 6) is 0. The predicted octanol–water partition coefficient (Wildman–Crippen LogP) is 7.61. The zero-order valence-corrected chi connectivity index (χ0v) is 20.3. The number of halogens is 3. The summed E-state index contributed by atoms with van der Waals surface area (Å²) in [4.78, 5) is 13.6. The van der Waals surface area contributed by atoms with Gasteiger partial charge in [-0.1, -0.05) is 47.8 Å². The molecule has 2 atom stereocenters. The minimum absolute atomic E-state index is 0.189. The van der Waals surface area contributed by atoms with E-state index in [1.54, 1.807) is 6.20 Å². The minimum Gasteiger partial charge on any atom is -0.356 e. The average Bonchev–Trinajstić information content (AvgIpc) is 3.21. The fourth-order valence-corrected chi connectivity index (χ4v) is 6.24. The van der Waals surface area contributed by atoms with E-state index in [0.29, 0.717) is 14.6 Å². The van der Waals surface area contributed by atoms with Gasteiger partial charge in [-0.3, -0.25) is 0 Å². The molecular weight excluding hydrogens is 501 g/mol. The van der Waals surface area contributed by atoms with E-state index < -0.39 is 5.09 Å². The molecular formula is C20H19Cl3N3O3S2-. The highest BCUT2D eigenvalue weighted by Gasteiger charge is 2.21. The quantitative estimate of drug-likeness (QED) is 0.132. The lowest BCUT2D eigenvalue weighted by Gasteiger charge is -2.24. The fourth-order valence-electron chi connectivity index (χ4n) is 2.62. The lowest BCUT2D eigenvalue weighted by Crippen LogP contribution is -2.09. The molecule has 0 fully saturated rings. The Morgan fingerprint density at radius 3 is 2.29 bits per heavy atom. The van der Waals surface area contributed by atoms with E-state index in [9.17, 15) is 0 Å². The molecule has 166 valence electrons. The number of benzene rings is 2. The Labute approximate surface area is 204 Å².